The molecule has 2 aliphatic carbocycles. The van der Waals surface area contributed by atoms with E-state index in [1.54, 1.807) is 6.20 Å². The number of rotatable bonds is 5. The number of pyridine rings is 1. The molecule has 2 saturated carbocycles. The summed E-state index contributed by atoms with van der Waals surface area (Å²) < 4.78 is 0. The van der Waals surface area contributed by atoms with Crippen LogP contribution in [0.4, 0.5) is 5.69 Å². The Morgan fingerprint density at radius 2 is 2.14 bits per heavy atom. The molecule has 3 rings (SSSR count). The first-order valence-corrected chi connectivity index (χ1v) is 8.13. The lowest BCUT2D eigenvalue weighted by atomic mass is 9.84. The quantitative estimate of drug-likeness (QED) is 0.819. The summed E-state index contributed by atoms with van der Waals surface area (Å²) in [6.07, 6.45) is 11.3. The second kappa shape index (κ2) is 6.04. The summed E-state index contributed by atoms with van der Waals surface area (Å²) in [5.74, 6) is 0.561. The van der Waals surface area contributed by atoms with Gasteiger partial charge in [0.2, 0.25) is 5.91 Å². The summed E-state index contributed by atoms with van der Waals surface area (Å²) in [5.41, 5.74) is 2.61. The van der Waals surface area contributed by atoms with Crippen molar-refractivity contribution in [2.45, 2.75) is 45.4 Å². The number of nitrogens with one attached hydrogen (secondary N) is 2. The van der Waals surface area contributed by atoms with E-state index in [4.69, 9.17) is 0 Å². The Bertz CT molecular complexity index is 509. The van der Waals surface area contributed by atoms with Gasteiger partial charge in [-0.3, -0.25) is 9.78 Å². The van der Waals surface area contributed by atoms with Crippen molar-refractivity contribution >= 4 is 11.6 Å². The fourth-order valence-electron chi connectivity index (χ4n) is 3.70. The number of carbonyl (C=O) groups excluding carboxylic acids is 1. The van der Waals surface area contributed by atoms with Gasteiger partial charge >= 0.3 is 0 Å². The van der Waals surface area contributed by atoms with Crippen LogP contribution in [0.3, 0.4) is 0 Å². The van der Waals surface area contributed by atoms with E-state index in [-0.39, 0.29) is 5.91 Å². The smallest absolute Gasteiger partial charge is 0.223 e. The molecule has 0 radical (unpaired) electrons. The second-order valence-corrected chi connectivity index (χ2v) is 6.59. The number of carbonyl (C=O) groups is 1. The van der Waals surface area contributed by atoms with Gasteiger partial charge < -0.3 is 10.6 Å². The van der Waals surface area contributed by atoms with Crippen LogP contribution >= 0.6 is 0 Å². The Morgan fingerprint density at radius 3 is 2.90 bits per heavy atom. The highest BCUT2D eigenvalue weighted by molar-refractivity contribution is 5.82. The van der Waals surface area contributed by atoms with Crippen LogP contribution in [0.1, 0.15) is 44.1 Å². The van der Waals surface area contributed by atoms with Crippen LogP contribution in [0, 0.1) is 18.3 Å². The molecular formula is C17H25N3O. The molecule has 1 spiro atoms. The van der Waals surface area contributed by atoms with Crippen LogP contribution in [0.2, 0.25) is 0 Å². The van der Waals surface area contributed by atoms with Crippen LogP contribution in [0.25, 0.3) is 0 Å². The van der Waals surface area contributed by atoms with Crippen LogP contribution in [-0.2, 0) is 4.79 Å². The molecule has 0 bridgehead atoms. The molecule has 0 unspecified atom stereocenters. The Hall–Kier alpha value is -1.58. The highest BCUT2D eigenvalue weighted by atomic mass is 16.2. The van der Waals surface area contributed by atoms with E-state index in [9.17, 15) is 4.79 Å². The van der Waals surface area contributed by atoms with Crippen molar-refractivity contribution in [2.75, 3.05) is 18.4 Å². The van der Waals surface area contributed by atoms with Crippen molar-refractivity contribution in [3.8, 4) is 0 Å². The average Bonchev–Trinajstić information content (AvgIpc) is 3.19. The van der Waals surface area contributed by atoms with Gasteiger partial charge in [0.05, 0.1) is 0 Å². The third kappa shape index (κ3) is 3.20. The molecule has 0 saturated heterocycles. The molecule has 2 N–H and O–H groups in total. The largest absolute Gasteiger partial charge is 0.383 e. The fourth-order valence-corrected chi connectivity index (χ4v) is 3.70. The van der Waals surface area contributed by atoms with Crippen molar-refractivity contribution in [1.29, 1.82) is 0 Å². The van der Waals surface area contributed by atoms with E-state index in [0.29, 0.717) is 17.9 Å². The number of hydrogen-bond acceptors (Lipinski definition) is 3. The molecule has 4 heteroatoms. The van der Waals surface area contributed by atoms with E-state index in [0.717, 1.165) is 24.2 Å². The van der Waals surface area contributed by atoms with E-state index < -0.39 is 0 Å². The molecule has 0 aliphatic heterocycles. The number of anilines is 1. The van der Waals surface area contributed by atoms with Crippen molar-refractivity contribution in [3.05, 3.63) is 24.0 Å². The Labute approximate surface area is 126 Å². The monoisotopic (exact) mass is 287 g/mol. The third-order valence-corrected chi connectivity index (χ3v) is 5.12. The number of nitrogens with zero attached hydrogens (tertiary/aromatic N) is 1. The lowest BCUT2D eigenvalue weighted by molar-refractivity contribution is -0.123. The van der Waals surface area contributed by atoms with Crippen molar-refractivity contribution in [1.82, 2.24) is 10.3 Å². The molecule has 4 nitrogen and oxygen atoms in total. The first-order valence-electron chi connectivity index (χ1n) is 8.13. The van der Waals surface area contributed by atoms with Gasteiger partial charge in [-0.15, -0.1) is 0 Å². The van der Waals surface area contributed by atoms with Gasteiger partial charge in [-0.05, 0) is 43.2 Å². The summed E-state index contributed by atoms with van der Waals surface area (Å²) in [6.45, 7) is 3.48. The number of aryl methyl sites for hydroxylation is 1. The van der Waals surface area contributed by atoms with Gasteiger partial charge in [-0.2, -0.15) is 0 Å². The van der Waals surface area contributed by atoms with Gasteiger partial charge in [0.1, 0.15) is 0 Å². The van der Waals surface area contributed by atoms with Crippen LogP contribution < -0.4 is 10.6 Å². The third-order valence-electron chi connectivity index (χ3n) is 5.12. The SMILES string of the molecule is Cc1cnccc1NCCNC(=O)[C@H]1CC12CCCCC2. The predicted octanol–water partition coefficient (Wildman–Crippen LogP) is 2.89. The summed E-state index contributed by atoms with van der Waals surface area (Å²) in [6, 6.07) is 1.97. The van der Waals surface area contributed by atoms with Gasteiger partial charge in [0.15, 0.2) is 0 Å². The van der Waals surface area contributed by atoms with Gasteiger partial charge in [0, 0.05) is 37.1 Å². The lowest BCUT2D eigenvalue weighted by Crippen LogP contribution is -2.32. The summed E-state index contributed by atoms with van der Waals surface area (Å²) in [5, 5.41) is 6.43. The zero-order valence-electron chi connectivity index (χ0n) is 12.8. The van der Waals surface area contributed by atoms with Crippen molar-refractivity contribution in [2.24, 2.45) is 11.3 Å². The van der Waals surface area contributed by atoms with E-state index in [2.05, 4.69) is 15.6 Å². The van der Waals surface area contributed by atoms with E-state index >= 15 is 0 Å². The molecule has 1 aromatic rings. The van der Waals surface area contributed by atoms with Crippen LogP contribution in [-0.4, -0.2) is 24.0 Å². The van der Waals surface area contributed by atoms with Crippen LogP contribution in [0.15, 0.2) is 18.5 Å². The predicted molar refractivity (Wildman–Crippen MR) is 84.1 cm³/mol. The van der Waals surface area contributed by atoms with Crippen LogP contribution in [0.5, 0.6) is 0 Å². The standard InChI is InChI=1S/C17H25N3O/c1-13-12-18-8-5-15(13)19-9-10-20-16(21)14-11-17(14)6-3-2-4-7-17/h5,8,12,14H,2-4,6-7,9-11H2,1H3,(H,18,19)(H,20,21)/t14-/m1/s1. The normalized spacial score (nSPS) is 22.8. The average molecular weight is 287 g/mol. The fraction of sp³-hybridized carbons (Fsp3) is 0.647. The molecule has 1 aromatic heterocycles. The Morgan fingerprint density at radius 1 is 1.33 bits per heavy atom. The minimum Gasteiger partial charge on any atom is -0.383 e. The minimum atomic E-state index is 0.269. The Kier molecular flexibility index (Phi) is 4.13. The molecule has 2 fully saturated rings. The zero-order chi connectivity index (χ0) is 14.7. The molecule has 1 amide bonds. The van der Waals surface area contributed by atoms with Crippen molar-refractivity contribution in [3.63, 3.8) is 0 Å². The summed E-state index contributed by atoms with van der Waals surface area (Å²) in [4.78, 5) is 16.3. The highest BCUT2D eigenvalue weighted by Gasteiger charge is 2.57. The molecule has 114 valence electrons. The molecule has 1 atom stereocenters. The first-order chi connectivity index (χ1) is 10.2. The molecule has 2 aliphatic rings. The molecule has 0 aromatic carbocycles. The highest BCUT2D eigenvalue weighted by Crippen LogP contribution is 2.61. The summed E-state index contributed by atoms with van der Waals surface area (Å²) >= 11 is 0. The minimum absolute atomic E-state index is 0.269. The van der Waals surface area contributed by atoms with E-state index in [1.807, 2.05) is 19.2 Å². The maximum Gasteiger partial charge on any atom is 0.223 e. The maximum absolute atomic E-state index is 12.2. The van der Waals surface area contributed by atoms with Crippen molar-refractivity contribution < 1.29 is 4.79 Å². The topological polar surface area (TPSA) is 54.0 Å². The number of hydrogen-bond donors (Lipinski definition) is 2. The maximum atomic E-state index is 12.2. The molecule has 1 heterocycles. The van der Waals surface area contributed by atoms with E-state index in [1.165, 1.54) is 32.1 Å². The second-order valence-electron chi connectivity index (χ2n) is 6.59. The molecule has 21 heavy (non-hydrogen) atoms. The van der Waals surface area contributed by atoms with Gasteiger partial charge in [-0.1, -0.05) is 19.3 Å². The number of amides is 1. The van der Waals surface area contributed by atoms with Gasteiger partial charge in [-0.25, -0.2) is 0 Å². The zero-order valence-corrected chi connectivity index (χ0v) is 12.8. The number of aromatic nitrogens is 1. The lowest BCUT2D eigenvalue weighted by Gasteiger charge is -2.22. The summed E-state index contributed by atoms with van der Waals surface area (Å²) in [7, 11) is 0. The molecular weight excluding hydrogens is 262 g/mol. The Balaban J connectivity index is 1.38. The first kappa shape index (κ1) is 14.4. The van der Waals surface area contributed by atoms with Gasteiger partial charge in [0.25, 0.3) is 0 Å².